The Hall–Kier alpha value is -5.48. The molecule has 0 aromatic heterocycles. The van der Waals surface area contributed by atoms with E-state index in [1.165, 1.54) is 50.4 Å². The summed E-state index contributed by atoms with van der Waals surface area (Å²) >= 11 is 5.94. The lowest BCUT2D eigenvalue weighted by molar-refractivity contribution is -0.148. The average molecular weight is 675 g/mol. The van der Waals surface area contributed by atoms with Crippen LogP contribution in [0.3, 0.4) is 0 Å². The molecular weight excluding hydrogens is 648 g/mol. The minimum atomic E-state index is -4.53. The van der Waals surface area contributed by atoms with E-state index in [1.54, 1.807) is 66.7 Å². The molecule has 1 atom stereocenters. The summed E-state index contributed by atoms with van der Waals surface area (Å²) in [6.45, 7) is 1.45. The van der Waals surface area contributed by atoms with E-state index < -0.39 is 40.9 Å². The van der Waals surface area contributed by atoms with Crippen LogP contribution in [-0.2, 0) is 21.2 Å². The summed E-state index contributed by atoms with van der Waals surface area (Å²) in [6.07, 6.45) is -4.53. The van der Waals surface area contributed by atoms with Crippen molar-refractivity contribution in [1.82, 2.24) is 5.32 Å². The van der Waals surface area contributed by atoms with Crippen molar-refractivity contribution in [3.8, 4) is 22.3 Å². The molecule has 0 heterocycles. The Kier molecular flexibility index (Phi) is 9.67. The Morgan fingerprint density at radius 3 is 1.79 bits per heavy atom. The summed E-state index contributed by atoms with van der Waals surface area (Å²) in [4.78, 5) is 40.4. The second-order valence-electron chi connectivity index (χ2n) is 10.9. The fourth-order valence-corrected chi connectivity index (χ4v) is 5.25. The minimum Gasteiger partial charge on any atom is -0.467 e. The number of carbonyl (C=O) groups is 3. The number of esters is 1. The number of ether oxygens (including phenoxy) is 1. The summed E-state index contributed by atoms with van der Waals surface area (Å²) in [7, 11) is 1.17. The molecule has 5 aromatic rings. The zero-order chi connectivity index (χ0) is 34.6. The highest BCUT2D eigenvalue weighted by Gasteiger charge is 2.39. The third-order valence-electron chi connectivity index (χ3n) is 7.77. The molecule has 11 heteroatoms. The fourth-order valence-electron chi connectivity index (χ4n) is 5.07. The molecular formula is C37H27ClF4N2O4. The molecule has 0 fully saturated rings. The van der Waals surface area contributed by atoms with E-state index in [4.69, 9.17) is 16.3 Å². The Bertz CT molecular complexity index is 1980. The molecule has 48 heavy (non-hydrogen) atoms. The van der Waals surface area contributed by atoms with Crippen molar-refractivity contribution < 1.29 is 36.7 Å². The molecule has 0 aliphatic rings. The van der Waals surface area contributed by atoms with E-state index in [1.807, 2.05) is 0 Å². The van der Waals surface area contributed by atoms with Gasteiger partial charge in [0.1, 0.15) is 5.82 Å². The number of nitrogens with one attached hydrogen (secondary N) is 2. The molecule has 0 saturated heterocycles. The highest BCUT2D eigenvalue weighted by Crippen LogP contribution is 2.33. The van der Waals surface area contributed by atoms with Gasteiger partial charge in [-0.3, -0.25) is 9.59 Å². The summed E-state index contributed by atoms with van der Waals surface area (Å²) in [5.74, 6) is -2.67. The second kappa shape index (κ2) is 13.7. The number of hydrogen-bond acceptors (Lipinski definition) is 4. The van der Waals surface area contributed by atoms with Crippen molar-refractivity contribution in [2.75, 3.05) is 12.4 Å². The zero-order valence-corrected chi connectivity index (χ0v) is 26.2. The topological polar surface area (TPSA) is 84.5 Å². The summed E-state index contributed by atoms with van der Waals surface area (Å²) < 4.78 is 58.3. The smallest absolute Gasteiger partial charge is 0.416 e. The maximum Gasteiger partial charge on any atom is 0.416 e. The van der Waals surface area contributed by atoms with Crippen LogP contribution in [0.1, 0.15) is 38.8 Å². The fraction of sp³-hybridized carbons (Fsp3) is 0.108. The van der Waals surface area contributed by atoms with Gasteiger partial charge in [0.2, 0.25) is 0 Å². The Balaban J connectivity index is 1.52. The second-order valence-corrected chi connectivity index (χ2v) is 11.3. The first-order valence-electron chi connectivity index (χ1n) is 14.4. The Morgan fingerprint density at radius 1 is 0.688 bits per heavy atom. The third-order valence-corrected chi connectivity index (χ3v) is 8.06. The molecule has 2 amide bonds. The number of benzene rings is 5. The van der Waals surface area contributed by atoms with Crippen molar-refractivity contribution >= 4 is 35.1 Å². The van der Waals surface area contributed by atoms with E-state index in [0.717, 1.165) is 12.1 Å². The van der Waals surface area contributed by atoms with Gasteiger partial charge in [0.15, 0.2) is 5.54 Å². The summed E-state index contributed by atoms with van der Waals surface area (Å²) in [6, 6.07) is 27.9. The summed E-state index contributed by atoms with van der Waals surface area (Å²) in [5, 5.41) is 5.39. The van der Waals surface area contributed by atoms with Crippen LogP contribution in [0.5, 0.6) is 0 Å². The first-order chi connectivity index (χ1) is 22.8. The molecule has 0 aliphatic heterocycles. The van der Waals surface area contributed by atoms with Crippen LogP contribution in [0.4, 0.5) is 23.2 Å². The molecule has 244 valence electrons. The van der Waals surface area contributed by atoms with Crippen LogP contribution in [0.2, 0.25) is 5.02 Å². The van der Waals surface area contributed by atoms with Crippen LogP contribution in [-0.4, -0.2) is 24.9 Å². The molecule has 0 spiro atoms. The van der Waals surface area contributed by atoms with Gasteiger partial charge in [0.25, 0.3) is 11.8 Å². The first-order valence-corrected chi connectivity index (χ1v) is 14.8. The van der Waals surface area contributed by atoms with E-state index in [-0.39, 0.29) is 16.3 Å². The number of rotatable bonds is 8. The van der Waals surface area contributed by atoms with Crippen LogP contribution in [0.15, 0.2) is 115 Å². The quantitative estimate of drug-likeness (QED) is 0.127. The third kappa shape index (κ3) is 7.24. The standard InChI is InChI=1S/C37H27ClF4N2O4/c1-36(35(47)48-2,27-14-8-23(9-15-27)26-12-18-31(39)30(38)21-26)44-34(46)29-20-25(22-10-16-28(17-11-22)37(40,41)42)13-19-32(29)43-33(45)24-6-4-3-5-7-24/h3-21H,1-2H3,(H,43,45)(H,44,46)/t36-/m1/s1. The summed E-state index contributed by atoms with van der Waals surface area (Å²) in [5.41, 5.74) is 0.154. The van der Waals surface area contributed by atoms with Gasteiger partial charge in [-0.05, 0) is 83.3 Å². The lowest BCUT2D eigenvalue weighted by Crippen LogP contribution is -2.50. The number of alkyl halides is 3. The highest BCUT2D eigenvalue weighted by atomic mass is 35.5. The van der Waals surface area contributed by atoms with Gasteiger partial charge in [-0.15, -0.1) is 0 Å². The Morgan fingerprint density at radius 2 is 1.23 bits per heavy atom. The average Bonchev–Trinajstić information content (AvgIpc) is 3.09. The monoisotopic (exact) mass is 674 g/mol. The number of anilines is 1. The normalized spacial score (nSPS) is 12.5. The van der Waals surface area contributed by atoms with Crippen molar-refractivity contribution in [2.45, 2.75) is 18.6 Å². The van der Waals surface area contributed by atoms with Gasteiger partial charge in [-0.25, -0.2) is 9.18 Å². The van der Waals surface area contributed by atoms with E-state index in [2.05, 4.69) is 10.6 Å². The van der Waals surface area contributed by atoms with Crippen LogP contribution < -0.4 is 10.6 Å². The van der Waals surface area contributed by atoms with Gasteiger partial charge < -0.3 is 15.4 Å². The molecule has 0 radical (unpaired) electrons. The van der Waals surface area contributed by atoms with Crippen molar-refractivity contribution in [2.24, 2.45) is 0 Å². The lowest BCUT2D eigenvalue weighted by Gasteiger charge is -2.29. The zero-order valence-electron chi connectivity index (χ0n) is 25.5. The number of hydrogen-bond donors (Lipinski definition) is 2. The van der Waals surface area contributed by atoms with Crippen LogP contribution in [0, 0.1) is 5.82 Å². The predicted octanol–water partition coefficient (Wildman–Crippen LogP) is 8.90. The van der Waals surface area contributed by atoms with E-state index >= 15 is 0 Å². The SMILES string of the molecule is COC(=O)[C@](C)(NC(=O)c1cc(-c2ccc(C(F)(F)F)cc2)ccc1NC(=O)c1ccccc1)c1ccc(-c2ccc(F)c(Cl)c2)cc1. The molecule has 6 nitrogen and oxygen atoms in total. The van der Waals surface area contributed by atoms with Crippen molar-refractivity contribution in [1.29, 1.82) is 0 Å². The number of carbonyl (C=O) groups excluding carboxylic acids is 3. The molecule has 0 unspecified atom stereocenters. The van der Waals surface area contributed by atoms with Crippen LogP contribution in [0.25, 0.3) is 22.3 Å². The molecule has 0 saturated carbocycles. The molecule has 2 N–H and O–H groups in total. The van der Waals surface area contributed by atoms with Gasteiger partial charge in [-0.2, -0.15) is 13.2 Å². The van der Waals surface area contributed by atoms with E-state index in [0.29, 0.717) is 33.4 Å². The molecule has 5 rings (SSSR count). The Labute approximate surface area is 278 Å². The molecule has 5 aromatic carbocycles. The molecule has 0 aliphatic carbocycles. The number of halogens is 5. The lowest BCUT2D eigenvalue weighted by atomic mass is 9.89. The van der Waals surface area contributed by atoms with Crippen molar-refractivity contribution in [3.05, 3.63) is 148 Å². The van der Waals surface area contributed by atoms with Gasteiger partial charge >= 0.3 is 12.1 Å². The van der Waals surface area contributed by atoms with Gasteiger partial charge in [0.05, 0.1) is 28.9 Å². The maximum absolute atomic E-state index is 14.1. The van der Waals surface area contributed by atoms with E-state index in [9.17, 15) is 31.9 Å². The van der Waals surface area contributed by atoms with Gasteiger partial charge in [-0.1, -0.05) is 78.3 Å². The molecule has 0 bridgehead atoms. The highest BCUT2D eigenvalue weighted by molar-refractivity contribution is 6.31. The first kappa shape index (κ1) is 33.9. The van der Waals surface area contributed by atoms with Gasteiger partial charge in [0, 0.05) is 5.56 Å². The number of methoxy groups -OCH3 is 1. The minimum absolute atomic E-state index is 0.0584. The predicted molar refractivity (Wildman–Crippen MR) is 175 cm³/mol. The van der Waals surface area contributed by atoms with Crippen LogP contribution >= 0.6 is 11.6 Å². The largest absolute Gasteiger partial charge is 0.467 e. The maximum atomic E-state index is 14.1. The van der Waals surface area contributed by atoms with Crippen molar-refractivity contribution in [3.63, 3.8) is 0 Å². The number of amides is 2.